The average molecular weight is 617 g/mol. The topological polar surface area (TPSA) is 85.8 Å². The fraction of sp³-hybridized carbons (Fsp3) is 0.649. The fourth-order valence-electron chi connectivity index (χ4n) is 7.27. The van der Waals surface area contributed by atoms with Crippen LogP contribution < -0.4 is 10.1 Å². The van der Waals surface area contributed by atoms with Gasteiger partial charge in [0.2, 0.25) is 0 Å². The quantitative estimate of drug-likeness (QED) is 0.172. The molecule has 0 radical (unpaired) electrons. The van der Waals surface area contributed by atoms with Crippen molar-refractivity contribution in [2.24, 2.45) is 0 Å². The molecule has 1 saturated heterocycles. The molecule has 8 nitrogen and oxygen atoms in total. The minimum absolute atomic E-state index is 0.0768. The minimum atomic E-state index is -0.522. The highest BCUT2D eigenvalue weighted by atomic mass is 16.7. The van der Waals surface area contributed by atoms with Gasteiger partial charge in [-0.1, -0.05) is 44.4 Å². The highest BCUT2D eigenvalue weighted by molar-refractivity contribution is 5.75. The van der Waals surface area contributed by atoms with E-state index in [2.05, 4.69) is 11.2 Å². The molecule has 0 bridgehead atoms. The third kappa shape index (κ3) is 8.49. The molecule has 3 fully saturated rings. The van der Waals surface area contributed by atoms with Crippen molar-refractivity contribution in [1.29, 1.82) is 0 Å². The maximum Gasteiger partial charge on any atom is 0.410 e. The Morgan fingerprint density at radius 3 is 2.31 bits per heavy atom. The number of nitrogens with zero attached hydrogens (tertiary/aromatic N) is 3. The fourth-order valence-corrected chi connectivity index (χ4v) is 7.27. The summed E-state index contributed by atoms with van der Waals surface area (Å²) in [6.07, 6.45) is 19.5. The number of piperidine rings is 1. The van der Waals surface area contributed by atoms with Crippen molar-refractivity contribution in [3.8, 4) is 29.4 Å². The first-order valence-corrected chi connectivity index (χ1v) is 17.2. The van der Waals surface area contributed by atoms with Gasteiger partial charge in [-0.15, -0.1) is 16.6 Å². The number of anilines is 1. The highest BCUT2D eigenvalue weighted by Gasteiger charge is 2.34. The number of carbonyl (C=O) groups is 1. The van der Waals surface area contributed by atoms with Crippen LogP contribution in [0.25, 0.3) is 11.3 Å². The Bertz CT molecular complexity index is 1340. The van der Waals surface area contributed by atoms with Crippen LogP contribution in [0.15, 0.2) is 18.2 Å². The zero-order valence-corrected chi connectivity index (χ0v) is 27.8. The molecule has 2 aromatic rings. The van der Waals surface area contributed by atoms with E-state index in [1.165, 1.54) is 49.7 Å². The van der Waals surface area contributed by atoms with Gasteiger partial charge >= 0.3 is 6.09 Å². The van der Waals surface area contributed by atoms with Crippen LogP contribution in [0.4, 0.5) is 10.6 Å². The molecule has 0 unspecified atom stereocenters. The van der Waals surface area contributed by atoms with Crippen molar-refractivity contribution in [1.82, 2.24) is 15.1 Å². The van der Waals surface area contributed by atoms with Gasteiger partial charge in [0.15, 0.2) is 12.6 Å². The van der Waals surface area contributed by atoms with Crippen molar-refractivity contribution in [2.75, 3.05) is 31.8 Å². The lowest BCUT2D eigenvalue weighted by molar-refractivity contribution is 0.0205. The van der Waals surface area contributed by atoms with E-state index in [1.807, 2.05) is 50.8 Å². The highest BCUT2D eigenvalue weighted by Crippen LogP contribution is 2.48. The molecule has 2 heterocycles. The van der Waals surface area contributed by atoms with E-state index < -0.39 is 5.60 Å². The zero-order valence-electron chi connectivity index (χ0n) is 27.8. The van der Waals surface area contributed by atoms with Gasteiger partial charge < -0.3 is 24.4 Å². The largest absolute Gasteiger partial charge is 0.467 e. The second kappa shape index (κ2) is 15.3. The van der Waals surface area contributed by atoms with Crippen molar-refractivity contribution in [2.45, 2.75) is 128 Å². The summed E-state index contributed by atoms with van der Waals surface area (Å²) in [7, 11) is 0. The summed E-state index contributed by atoms with van der Waals surface area (Å²) >= 11 is 0. The van der Waals surface area contributed by atoms with Gasteiger partial charge in [0, 0.05) is 42.4 Å². The maximum atomic E-state index is 13.0. The monoisotopic (exact) mass is 616 g/mol. The van der Waals surface area contributed by atoms with E-state index in [0.717, 1.165) is 61.2 Å². The van der Waals surface area contributed by atoms with Crippen molar-refractivity contribution in [3.05, 3.63) is 34.9 Å². The number of amides is 1. The number of carbonyl (C=O) groups excluding carboxylic acids is 1. The Balaban J connectivity index is 1.57. The minimum Gasteiger partial charge on any atom is -0.467 e. The first kappa shape index (κ1) is 33.1. The van der Waals surface area contributed by atoms with Gasteiger partial charge in [-0.25, -0.2) is 4.79 Å². The molecule has 2 saturated carbocycles. The van der Waals surface area contributed by atoms with Gasteiger partial charge in [-0.3, -0.25) is 0 Å². The number of hydrogen-bond donors (Lipinski definition) is 1. The lowest BCUT2D eigenvalue weighted by atomic mass is 9.74. The van der Waals surface area contributed by atoms with Gasteiger partial charge in [-0.05, 0) is 102 Å². The Kier molecular flexibility index (Phi) is 11.3. The Hall–Kier alpha value is -3.31. The van der Waals surface area contributed by atoms with E-state index in [1.54, 1.807) is 0 Å². The third-order valence-electron chi connectivity index (χ3n) is 9.40. The lowest BCUT2D eigenvalue weighted by Gasteiger charge is -2.36. The molecule has 5 rings (SSSR count). The Morgan fingerprint density at radius 2 is 1.67 bits per heavy atom. The molecule has 1 amide bonds. The molecule has 45 heavy (non-hydrogen) atoms. The maximum absolute atomic E-state index is 13.0. The number of benzene rings is 1. The summed E-state index contributed by atoms with van der Waals surface area (Å²) in [5.74, 6) is 5.14. The summed E-state index contributed by atoms with van der Waals surface area (Å²) < 4.78 is 17.5. The third-order valence-corrected chi connectivity index (χ3v) is 9.40. The van der Waals surface area contributed by atoms with E-state index in [9.17, 15) is 4.79 Å². The first-order chi connectivity index (χ1) is 21.8. The summed E-state index contributed by atoms with van der Waals surface area (Å²) in [5.41, 5.74) is 4.72. The first-order valence-electron chi connectivity index (χ1n) is 17.2. The smallest absolute Gasteiger partial charge is 0.410 e. The predicted molar refractivity (Wildman–Crippen MR) is 179 cm³/mol. The normalized spacial score (nSPS) is 20.0. The Labute approximate surface area is 270 Å². The van der Waals surface area contributed by atoms with Gasteiger partial charge in [0.25, 0.3) is 0 Å². The summed E-state index contributed by atoms with van der Waals surface area (Å²) in [6.45, 7) is 9.71. The summed E-state index contributed by atoms with van der Waals surface area (Å²) in [4.78, 5) is 14.8. The van der Waals surface area contributed by atoms with Crippen LogP contribution in [0.3, 0.4) is 0 Å². The molecule has 3 aliphatic rings. The van der Waals surface area contributed by atoms with E-state index in [-0.39, 0.29) is 18.9 Å². The molecule has 1 N–H and O–H groups in total. The molecule has 1 atom stereocenters. The van der Waals surface area contributed by atoms with Crippen LogP contribution in [-0.2, 0) is 9.47 Å². The second-order valence-corrected chi connectivity index (χ2v) is 13.9. The van der Waals surface area contributed by atoms with Crippen LogP contribution in [0, 0.1) is 12.3 Å². The molecular formula is C37H52N4O4. The molecule has 1 aromatic heterocycles. The number of hydrogen-bond acceptors (Lipinski definition) is 7. The number of nitrogens with one attached hydrogen (secondary N) is 1. The van der Waals surface area contributed by atoms with Gasteiger partial charge in [0.1, 0.15) is 17.0 Å². The SMILES string of the molecule is C#Cc1ccc(-c2nnc(N[C@@H]3CCCN(C(=O)OC(C)(C)C)C3)c(C3CCCCC3)c2C2CCCCC2)c(OCOCC)c1. The van der Waals surface area contributed by atoms with Gasteiger partial charge in [-0.2, -0.15) is 0 Å². The van der Waals surface area contributed by atoms with Crippen LogP contribution in [0.1, 0.15) is 133 Å². The van der Waals surface area contributed by atoms with Crippen molar-refractivity contribution < 1.29 is 19.0 Å². The molecule has 244 valence electrons. The molecule has 1 aliphatic heterocycles. The predicted octanol–water partition coefficient (Wildman–Crippen LogP) is 8.40. The lowest BCUT2D eigenvalue weighted by Crippen LogP contribution is -2.47. The van der Waals surface area contributed by atoms with Crippen LogP contribution in [0.5, 0.6) is 5.75 Å². The van der Waals surface area contributed by atoms with Gasteiger partial charge in [0.05, 0.1) is 0 Å². The van der Waals surface area contributed by atoms with Crippen LogP contribution in [0.2, 0.25) is 0 Å². The summed E-state index contributed by atoms with van der Waals surface area (Å²) in [5, 5.41) is 13.8. The average Bonchev–Trinajstić information content (AvgIpc) is 3.05. The van der Waals surface area contributed by atoms with Crippen LogP contribution >= 0.6 is 0 Å². The number of ether oxygens (including phenoxy) is 3. The summed E-state index contributed by atoms with van der Waals surface area (Å²) in [6, 6.07) is 6.01. The second-order valence-electron chi connectivity index (χ2n) is 13.9. The molecule has 1 aromatic carbocycles. The van der Waals surface area contributed by atoms with E-state index in [0.29, 0.717) is 37.3 Å². The Morgan fingerprint density at radius 1 is 0.978 bits per heavy atom. The number of terminal acetylenes is 1. The van der Waals surface area contributed by atoms with Crippen molar-refractivity contribution >= 4 is 11.9 Å². The number of aromatic nitrogens is 2. The molecule has 8 heteroatoms. The molecule has 2 aliphatic carbocycles. The standard InChI is InChI=1S/C37H52N4O4/c1-6-26-20-21-30(31(23-26)44-25-43-7-2)34-32(27-15-10-8-11-16-27)33(28-17-12-9-13-18-28)35(40-39-34)38-29-19-14-22-41(24-29)36(42)45-37(3,4)5/h1,20-21,23,27-29H,7-19,22,24-25H2,2-5H3,(H,38,40)/t29-/m1/s1. The number of likely N-dealkylation sites (tertiary alicyclic amines) is 1. The van der Waals surface area contributed by atoms with Crippen LogP contribution in [-0.4, -0.2) is 59.3 Å². The zero-order chi connectivity index (χ0) is 31.8. The molecular weight excluding hydrogens is 564 g/mol. The molecule has 0 spiro atoms. The number of rotatable bonds is 9. The van der Waals surface area contributed by atoms with E-state index in [4.69, 9.17) is 30.8 Å². The van der Waals surface area contributed by atoms with E-state index >= 15 is 0 Å². The van der Waals surface area contributed by atoms with Crippen molar-refractivity contribution in [3.63, 3.8) is 0 Å².